The predicted molar refractivity (Wildman–Crippen MR) is 104 cm³/mol. The van der Waals surface area contributed by atoms with Crippen LogP contribution in [0.15, 0.2) is 24.3 Å². The lowest BCUT2D eigenvalue weighted by molar-refractivity contribution is -0.139. The van der Waals surface area contributed by atoms with E-state index in [0.717, 1.165) is 11.8 Å². The van der Waals surface area contributed by atoms with E-state index < -0.39 is 20.6 Å². The van der Waals surface area contributed by atoms with E-state index in [4.69, 9.17) is 39.5 Å². The SMILES string of the molecule is CCOC(=O)CSC(N(C)C(=O)Nc1cccc(Cl)c1)C(Cl)(Cl)Br. The molecule has 1 aromatic carbocycles. The predicted octanol–water partition coefficient (Wildman–Crippen LogP) is 4.95. The Bertz CT molecular complexity index is 587. The molecule has 1 atom stereocenters. The molecule has 0 saturated heterocycles. The number of hydrogen-bond acceptors (Lipinski definition) is 4. The van der Waals surface area contributed by atoms with Crippen molar-refractivity contribution in [3.63, 3.8) is 0 Å². The molecule has 0 fully saturated rings. The highest BCUT2D eigenvalue weighted by Crippen LogP contribution is 2.41. The van der Waals surface area contributed by atoms with Crippen LogP contribution in [0.2, 0.25) is 5.02 Å². The molecular formula is C14H16BrCl3N2O3S. The Kier molecular flexibility index (Phi) is 9.01. The lowest BCUT2D eigenvalue weighted by atomic mass is 10.3. The lowest BCUT2D eigenvalue weighted by Gasteiger charge is -2.32. The number of thioether (sulfide) groups is 1. The summed E-state index contributed by atoms with van der Waals surface area (Å²) in [6.07, 6.45) is 0. The van der Waals surface area contributed by atoms with E-state index >= 15 is 0 Å². The minimum Gasteiger partial charge on any atom is -0.465 e. The number of urea groups is 1. The summed E-state index contributed by atoms with van der Waals surface area (Å²) in [5.41, 5.74) is 0.526. The number of amides is 2. The topological polar surface area (TPSA) is 58.6 Å². The van der Waals surface area contributed by atoms with Crippen LogP contribution < -0.4 is 5.32 Å². The van der Waals surface area contributed by atoms with Crippen molar-refractivity contribution in [1.82, 2.24) is 4.90 Å². The Labute approximate surface area is 168 Å². The standard InChI is InChI=1S/C14H16BrCl3N2O3S/c1-3-23-11(21)8-24-12(14(15,17)18)20(2)13(22)19-10-6-4-5-9(16)7-10/h4-7,12H,3,8H2,1-2H3,(H,19,22). The number of halogens is 4. The maximum Gasteiger partial charge on any atom is 0.322 e. The van der Waals surface area contributed by atoms with Gasteiger partial charge in [0, 0.05) is 17.8 Å². The molecule has 2 amide bonds. The summed E-state index contributed by atoms with van der Waals surface area (Å²) < 4.78 is 3.41. The second kappa shape index (κ2) is 9.97. The zero-order valence-corrected chi connectivity index (χ0v) is 17.6. The highest BCUT2D eigenvalue weighted by molar-refractivity contribution is 9.11. The molecule has 24 heavy (non-hydrogen) atoms. The quantitative estimate of drug-likeness (QED) is 0.342. The van der Waals surface area contributed by atoms with Gasteiger partial charge in [0.1, 0.15) is 5.37 Å². The third-order valence-corrected chi connectivity index (χ3v) is 5.72. The van der Waals surface area contributed by atoms with Crippen LogP contribution in [0.1, 0.15) is 6.92 Å². The Morgan fingerprint density at radius 2 is 2.12 bits per heavy atom. The molecule has 0 saturated carbocycles. The van der Waals surface area contributed by atoms with Gasteiger partial charge in [0.25, 0.3) is 0 Å². The zero-order chi connectivity index (χ0) is 18.3. The number of alkyl halides is 3. The van der Waals surface area contributed by atoms with E-state index in [-0.39, 0.29) is 12.4 Å². The van der Waals surface area contributed by atoms with Crippen molar-refractivity contribution in [3.05, 3.63) is 29.3 Å². The van der Waals surface area contributed by atoms with Crippen molar-refractivity contribution in [2.45, 2.75) is 15.5 Å². The molecule has 0 spiro atoms. The van der Waals surface area contributed by atoms with Crippen LogP contribution in [0, 0.1) is 0 Å². The van der Waals surface area contributed by atoms with Crippen LogP contribution in [0.25, 0.3) is 0 Å². The Hall–Kier alpha value is -0.340. The number of nitrogens with one attached hydrogen (secondary N) is 1. The number of anilines is 1. The van der Waals surface area contributed by atoms with E-state index in [2.05, 4.69) is 21.2 Å². The highest BCUT2D eigenvalue weighted by atomic mass is 79.9. The largest absolute Gasteiger partial charge is 0.465 e. The third kappa shape index (κ3) is 7.27. The number of carbonyl (C=O) groups excluding carboxylic acids is 2. The van der Waals surface area contributed by atoms with Gasteiger partial charge in [-0.2, -0.15) is 0 Å². The molecule has 0 aliphatic carbocycles. The van der Waals surface area contributed by atoms with Gasteiger partial charge in [0.05, 0.1) is 12.4 Å². The van der Waals surface area contributed by atoms with Gasteiger partial charge in [-0.25, -0.2) is 4.79 Å². The Balaban J connectivity index is 2.77. The molecule has 0 heterocycles. The minimum absolute atomic E-state index is 0.0000811. The van der Waals surface area contributed by atoms with Crippen LogP contribution in [-0.2, 0) is 9.53 Å². The summed E-state index contributed by atoms with van der Waals surface area (Å²) >= 11 is 22.3. The number of ether oxygens (including phenoxy) is 1. The first kappa shape index (κ1) is 21.7. The third-order valence-electron chi connectivity index (χ3n) is 2.69. The van der Waals surface area contributed by atoms with Crippen LogP contribution in [0.4, 0.5) is 10.5 Å². The number of rotatable bonds is 7. The second-order valence-electron chi connectivity index (χ2n) is 4.56. The van der Waals surface area contributed by atoms with E-state index in [1.165, 1.54) is 11.9 Å². The van der Waals surface area contributed by atoms with Crippen molar-refractivity contribution in [1.29, 1.82) is 0 Å². The Morgan fingerprint density at radius 3 is 2.67 bits per heavy atom. The van der Waals surface area contributed by atoms with Gasteiger partial charge < -0.3 is 15.0 Å². The number of carbonyl (C=O) groups is 2. The smallest absolute Gasteiger partial charge is 0.322 e. The first-order chi connectivity index (χ1) is 11.1. The van der Waals surface area contributed by atoms with E-state index in [1.807, 2.05) is 0 Å². The molecule has 0 radical (unpaired) electrons. The molecule has 134 valence electrons. The summed E-state index contributed by atoms with van der Waals surface area (Å²) in [4.78, 5) is 25.2. The number of esters is 1. The Morgan fingerprint density at radius 1 is 1.46 bits per heavy atom. The molecular weight excluding hydrogens is 462 g/mol. The van der Waals surface area contributed by atoms with Gasteiger partial charge in [0.2, 0.25) is 3.24 Å². The van der Waals surface area contributed by atoms with Gasteiger partial charge >= 0.3 is 12.0 Å². The zero-order valence-electron chi connectivity index (χ0n) is 12.9. The molecule has 10 heteroatoms. The van der Waals surface area contributed by atoms with Crippen molar-refractivity contribution >= 4 is 80.2 Å². The van der Waals surface area contributed by atoms with Gasteiger partial charge in [-0.05, 0) is 41.1 Å². The van der Waals surface area contributed by atoms with Crippen molar-refractivity contribution < 1.29 is 14.3 Å². The first-order valence-corrected chi connectivity index (χ1v) is 9.76. The molecule has 1 rings (SSSR count). The van der Waals surface area contributed by atoms with E-state index in [1.54, 1.807) is 31.2 Å². The maximum atomic E-state index is 12.4. The summed E-state index contributed by atoms with van der Waals surface area (Å²) in [6.45, 7) is 1.98. The van der Waals surface area contributed by atoms with Crippen LogP contribution in [0.5, 0.6) is 0 Å². The maximum absolute atomic E-state index is 12.4. The van der Waals surface area contributed by atoms with Crippen molar-refractivity contribution in [2.24, 2.45) is 0 Å². The van der Waals surface area contributed by atoms with E-state index in [9.17, 15) is 9.59 Å². The summed E-state index contributed by atoms with van der Waals surface area (Å²) in [6, 6.07) is 6.25. The van der Waals surface area contributed by atoms with Crippen LogP contribution in [0.3, 0.4) is 0 Å². The van der Waals surface area contributed by atoms with E-state index in [0.29, 0.717) is 10.7 Å². The molecule has 5 nitrogen and oxygen atoms in total. The van der Waals surface area contributed by atoms with Gasteiger partial charge in [0.15, 0.2) is 0 Å². The monoisotopic (exact) mass is 476 g/mol. The summed E-state index contributed by atoms with van der Waals surface area (Å²) in [5, 5.41) is 2.43. The summed E-state index contributed by atoms with van der Waals surface area (Å²) in [7, 11) is 1.52. The lowest BCUT2D eigenvalue weighted by Crippen LogP contribution is -2.45. The fourth-order valence-corrected chi connectivity index (χ4v) is 4.11. The number of benzene rings is 1. The summed E-state index contributed by atoms with van der Waals surface area (Å²) in [5.74, 6) is -0.415. The molecule has 0 bridgehead atoms. The van der Waals surface area contributed by atoms with Crippen LogP contribution in [-0.4, -0.2) is 44.9 Å². The number of nitrogens with zero attached hydrogens (tertiary/aromatic N) is 1. The van der Waals surface area contributed by atoms with Gasteiger partial charge in [-0.3, -0.25) is 4.79 Å². The average Bonchev–Trinajstić information content (AvgIpc) is 2.46. The highest BCUT2D eigenvalue weighted by Gasteiger charge is 2.38. The fraction of sp³-hybridized carbons (Fsp3) is 0.429. The normalized spacial score (nSPS) is 12.4. The first-order valence-electron chi connectivity index (χ1n) is 6.78. The number of hydrogen-bond donors (Lipinski definition) is 1. The van der Waals surface area contributed by atoms with Crippen LogP contribution >= 0.6 is 62.5 Å². The minimum atomic E-state index is -1.45. The average molecular weight is 479 g/mol. The van der Waals surface area contributed by atoms with Crippen molar-refractivity contribution in [2.75, 3.05) is 24.7 Å². The molecule has 0 aliphatic heterocycles. The van der Waals surface area contributed by atoms with Crippen molar-refractivity contribution in [3.8, 4) is 0 Å². The molecule has 1 unspecified atom stereocenters. The van der Waals surface area contributed by atoms with Gasteiger partial charge in [-0.15, -0.1) is 11.8 Å². The molecule has 0 aliphatic rings. The fourth-order valence-electron chi connectivity index (χ4n) is 1.66. The molecule has 1 aromatic rings. The van der Waals surface area contributed by atoms with Gasteiger partial charge in [-0.1, -0.05) is 40.9 Å². The molecule has 0 aromatic heterocycles. The second-order valence-corrected chi connectivity index (χ2v) is 9.62. The molecule has 1 N–H and O–H groups in total.